The average Bonchev–Trinajstić information content (AvgIpc) is 3.02. The highest BCUT2D eigenvalue weighted by molar-refractivity contribution is 9.10. The maximum absolute atomic E-state index is 15.0. The molecular weight excluding hydrogens is 530 g/mol. The molecule has 0 aliphatic carbocycles. The smallest absolute Gasteiger partial charge is 0.272 e. The Hall–Kier alpha value is -2.41. The molecule has 6 nitrogen and oxygen atoms in total. The Labute approximate surface area is 187 Å². The Morgan fingerprint density at radius 2 is 2.14 bits per heavy atom. The van der Waals surface area contributed by atoms with Gasteiger partial charge in [-0.1, -0.05) is 17.7 Å². The van der Waals surface area contributed by atoms with Crippen molar-refractivity contribution in [1.82, 2.24) is 15.3 Å². The predicted molar refractivity (Wildman–Crippen MR) is 113 cm³/mol. The van der Waals surface area contributed by atoms with Crippen LogP contribution >= 0.6 is 43.5 Å². The van der Waals surface area contributed by atoms with Gasteiger partial charge in [-0.3, -0.25) is 4.79 Å². The molecule has 3 aromatic rings. The fourth-order valence-electron chi connectivity index (χ4n) is 2.48. The molecule has 1 heterocycles. The van der Waals surface area contributed by atoms with E-state index in [2.05, 4.69) is 47.1 Å². The van der Waals surface area contributed by atoms with Crippen molar-refractivity contribution in [3.63, 3.8) is 0 Å². The van der Waals surface area contributed by atoms with Crippen LogP contribution in [0.3, 0.4) is 0 Å². The van der Waals surface area contributed by atoms with E-state index in [0.29, 0.717) is 19.9 Å². The predicted octanol–water partition coefficient (Wildman–Crippen LogP) is 5.63. The topological polar surface area (TPSA) is 90.8 Å². The molecule has 3 rings (SSSR count). The number of hydrogen-bond donors (Lipinski definition) is 2. The van der Waals surface area contributed by atoms with Crippen molar-refractivity contribution in [2.45, 2.75) is 13.5 Å². The number of amides is 1. The van der Waals surface area contributed by atoms with E-state index in [1.807, 2.05) is 6.07 Å². The van der Waals surface area contributed by atoms with Crippen LogP contribution in [0.2, 0.25) is 5.02 Å². The van der Waals surface area contributed by atoms with Gasteiger partial charge in [0.15, 0.2) is 17.3 Å². The third-order valence-electron chi connectivity index (χ3n) is 3.78. The molecule has 0 spiro atoms. The fraction of sp³-hybridized carbons (Fsp3) is 0.105. The van der Waals surface area contributed by atoms with Gasteiger partial charge in [0.1, 0.15) is 16.2 Å². The third kappa shape index (κ3) is 4.96. The van der Waals surface area contributed by atoms with Crippen LogP contribution < -0.4 is 10.1 Å². The van der Waals surface area contributed by atoms with Gasteiger partial charge in [-0.05, 0) is 63.0 Å². The Kier molecular flexibility index (Phi) is 6.57. The van der Waals surface area contributed by atoms with Gasteiger partial charge in [0.25, 0.3) is 5.91 Å². The monoisotopic (exact) mass is 540 g/mol. The molecule has 0 bridgehead atoms. The summed E-state index contributed by atoms with van der Waals surface area (Å²) in [6.45, 7) is 1.64. The van der Waals surface area contributed by atoms with E-state index in [0.717, 1.165) is 0 Å². The first kappa shape index (κ1) is 21.3. The Balaban J connectivity index is 1.82. The number of carbonyl (C=O) groups is 1. The van der Waals surface area contributed by atoms with Crippen LogP contribution in [0.15, 0.2) is 39.4 Å². The van der Waals surface area contributed by atoms with Crippen LogP contribution in [0.4, 0.5) is 4.39 Å². The summed E-state index contributed by atoms with van der Waals surface area (Å²) in [5, 5.41) is 12.0. The zero-order chi connectivity index (χ0) is 21.1. The number of nitriles is 1. The van der Waals surface area contributed by atoms with Crippen molar-refractivity contribution < 1.29 is 13.9 Å². The van der Waals surface area contributed by atoms with Crippen molar-refractivity contribution in [1.29, 1.82) is 5.26 Å². The molecule has 10 heteroatoms. The zero-order valence-electron chi connectivity index (χ0n) is 14.8. The summed E-state index contributed by atoms with van der Waals surface area (Å²) in [4.78, 5) is 19.2. The number of carbonyl (C=O) groups excluding carboxylic acids is 1. The summed E-state index contributed by atoms with van der Waals surface area (Å²) in [5.41, 5.74) is 0.675. The van der Waals surface area contributed by atoms with E-state index in [-0.39, 0.29) is 34.9 Å². The normalized spacial score (nSPS) is 10.5. The number of aromatic nitrogens is 2. The van der Waals surface area contributed by atoms with Gasteiger partial charge in [0, 0.05) is 17.1 Å². The van der Waals surface area contributed by atoms with Crippen LogP contribution in [0.5, 0.6) is 11.5 Å². The lowest BCUT2D eigenvalue weighted by Crippen LogP contribution is -2.24. The van der Waals surface area contributed by atoms with Crippen LogP contribution in [-0.2, 0) is 6.54 Å². The Morgan fingerprint density at radius 1 is 1.38 bits per heavy atom. The highest BCUT2D eigenvalue weighted by Crippen LogP contribution is 2.35. The van der Waals surface area contributed by atoms with E-state index < -0.39 is 11.7 Å². The third-order valence-corrected chi connectivity index (χ3v) is 5.20. The molecule has 0 unspecified atom stereocenters. The number of aromatic amines is 1. The minimum absolute atomic E-state index is 0.0777. The molecule has 0 aliphatic heterocycles. The second-order valence-electron chi connectivity index (χ2n) is 5.91. The first-order valence-electron chi connectivity index (χ1n) is 8.14. The van der Waals surface area contributed by atoms with Gasteiger partial charge in [-0.25, -0.2) is 9.37 Å². The zero-order valence-corrected chi connectivity index (χ0v) is 18.7. The van der Waals surface area contributed by atoms with E-state index in [9.17, 15) is 4.79 Å². The van der Waals surface area contributed by atoms with Crippen LogP contribution in [0.25, 0.3) is 0 Å². The molecule has 0 aliphatic rings. The summed E-state index contributed by atoms with van der Waals surface area (Å²) in [7, 11) is 0. The van der Waals surface area contributed by atoms with Crippen LogP contribution in [0, 0.1) is 24.1 Å². The molecule has 0 fully saturated rings. The number of nitrogens with zero attached hydrogens (tertiary/aromatic N) is 2. The quantitative estimate of drug-likeness (QED) is 0.437. The summed E-state index contributed by atoms with van der Waals surface area (Å²) in [6.07, 6.45) is 0. The van der Waals surface area contributed by atoms with Gasteiger partial charge in [-0.2, -0.15) is 5.26 Å². The number of hydrogen-bond acceptors (Lipinski definition) is 4. The van der Waals surface area contributed by atoms with Gasteiger partial charge in [0.05, 0.1) is 16.1 Å². The fourth-order valence-corrected chi connectivity index (χ4v) is 3.65. The molecule has 1 amide bonds. The first-order valence-corrected chi connectivity index (χ1v) is 10.1. The number of halogens is 4. The summed E-state index contributed by atoms with van der Waals surface area (Å²) in [5.74, 6) is -0.411. The summed E-state index contributed by atoms with van der Waals surface area (Å²) in [6, 6.07) is 9.48. The maximum atomic E-state index is 15.0. The Bertz CT molecular complexity index is 1140. The largest absolute Gasteiger partial charge is 0.453 e. The number of benzene rings is 2. The molecule has 1 aromatic heterocycles. The minimum atomic E-state index is -0.657. The van der Waals surface area contributed by atoms with E-state index >= 15 is 4.39 Å². The number of H-pyrrole nitrogens is 1. The highest BCUT2D eigenvalue weighted by atomic mass is 79.9. The first-order chi connectivity index (χ1) is 13.8. The van der Waals surface area contributed by atoms with Crippen molar-refractivity contribution in [2.24, 2.45) is 0 Å². The molecule has 0 radical (unpaired) electrons. The number of ether oxygens (including phenoxy) is 1. The summed E-state index contributed by atoms with van der Waals surface area (Å²) >= 11 is 12.4. The van der Waals surface area contributed by atoms with Gasteiger partial charge < -0.3 is 15.0 Å². The maximum Gasteiger partial charge on any atom is 0.272 e. The standard InChI is InChI=1S/C19H12Br2ClFN4O2/c1-9-26-16(18(21)27-9)19(28)25-8-11-2-3-14(20)17(15(11)23)29-13-5-10(7-24)4-12(22)6-13/h2-6H,8H2,1H3,(H,25,28)(H,26,27). The second kappa shape index (κ2) is 8.95. The minimum Gasteiger partial charge on any atom is -0.453 e. The molecular formula is C19H12Br2ClFN4O2. The highest BCUT2D eigenvalue weighted by Gasteiger charge is 2.18. The number of imidazole rings is 1. The van der Waals surface area contributed by atoms with Crippen LogP contribution in [0.1, 0.15) is 27.4 Å². The van der Waals surface area contributed by atoms with Gasteiger partial charge in [-0.15, -0.1) is 0 Å². The van der Waals surface area contributed by atoms with Crippen molar-refractivity contribution in [2.75, 3.05) is 0 Å². The van der Waals surface area contributed by atoms with Crippen molar-refractivity contribution in [3.05, 3.63) is 72.9 Å². The van der Waals surface area contributed by atoms with E-state index in [1.54, 1.807) is 13.0 Å². The van der Waals surface area contributed by atoms with Crippen molar-refractivity contribution >= 4 is 49.4 Å². The molecule has 0 atom stereocenters. The SMILES string of the molecule is Cc1nc(C(=O)NCc2ccc(Br)c(Oc3cc(Cl)cc(C#N)c3)c2F)c(Br)[nH]1. The van der Waals surface area contributed by atoms with Gasteiger partial charge >= 0.3 is 0 Å². The molecule has 148 valence electrons. The van der Waals surface area contributed by atoms with E-state index in [4.69, 9.17) is 21.6 Å². The number of rotatable bonds is 5. The molecule has 2 N–H and O–H groups in total. The van der Waals surface area contributed by atoms with Crippen molar-refractivity contribution in [3.8, 4) is 17.6 Å². The Morgan fingerprint density at radius 3 is 2.79 bits per heavy atom. The molecule has 2 aromatic carbocycles. The average molecular weight is 543 g/mol. The second-order valence-corrected chi connectivity index (χ2v) is 7.99. The van der Waals surface area contributed by atoms with Gasteiger partial charge in [0.2, 0.25) is 0 Å². The lowest BCUT2D eigenvalue weighted by molar-refractivity contribution is 0.0945. The number of nitrogens with one attached hydrogen (secondary N) is 2. The van der Waals surface area contributed by atoms with E-state index in [1.165, 1.54) is 24.3 Å². The molecule has 29 heavy (non-hydrogen) atoms. The lowest BCUT2D eigenvalue weighted by atomic mass is 10.2. The number of aryl methyl sites for hydroxylation is 1. The summed E-state index contributed by atoms with van der Waals surface area (Å²) < 4.78 is 21.4. The lowest BCUT2D eigenvalue weighted by Gasteiger charge is -2.13. The molecule has 0 saturated carbocycles. The van der Waals surface area contributed by atoms with Crippen LogP contribution in [-0.4, -0.2) is 15.9 Å². The molecule has 0 saturated heterocycles.